The Morgan fingerprint density at radius 1 is 1.53 bits per heavy atom. The molecule has 7 nitrogen and oxygen atoms in total. The van der Waals surface area contributed by atoms with Gasteiger partial charge in [0.1, 0.15) is 18.5 Å². The summed E-state index contributed by atoms with van der Waals surface area (Å²) in [4.78, 5) is 10.2. The van der Waals surface area contributed by atoms with Gasteiger partial charge in [0.25, 0.3) is 0 Å². The second-order valence-electron chi connectivity index (χ2n) is 3.24. The van der Waals surface area contributed by atoms with E-state index in [-0.39, 0.29) is 18.0 Å². The molecular formula is C10H13NO6. The normalized spacial score (nSPS) is 11.9. The first-order valence-electron chi connectivity index (χ1n) is 4.82. The van der Waals surface area contributed by atoms with Gasteiger partial charge in [0.2, 0.25) is 0 Å². The highest BCUT2D eigenvalue weighted by Gasteiger charge is 2.17. The first kappa shape index (κ1) is 13.2. The van der Waals surface area contributed by atoms with E-state index in [0.29, 0.717) is 5.75 Å². The summed E-state index contributed by atoms with van der Waals surface area (Å²) in [6, 6.07) is 4.11. The second kappa shape index (κ2) is 6.02. The van der Waals surface area contributed by atoms with Crippen molar-refractivity contribution in [3.05, 3.63) is 28.3 Å². The lowest BCUT2D eigenvalue weighted by Gasteiger charge is -2.10. The average molecular weight is 243 g/mol. The maximum absolute atomic E-state index is 10.8. The minimum absolute atomic E-state index is 0.0169. The van der Waals surface area contributed by atoms with E-state index in [2.05, 4.69) is 0 Å². The predicted molar refractivity (Wildman–Crippen MR) is 58.2 cm³/mol. The predicted octanol–water partition coefficient (Wildman–Crippen LogP) is 0.335. The van der Waals surface area contributed by atoms with Gasteiger partial charge in [-0.25, -0.2) is 0 Å². The average Bonchev–Trinajstić information content (AvgIpc) is 2.35. The first-order valence-corrected chi connectivity index (χ1v) is 4.82. The van der Waals surface area contributed by atoms with Crippen molar-refractivity contribution >= 4 is 5.69 Å². The van der Waals surface area contributed by atoms with Gasteiger partial charge in [0.15, 0.2) is 5.75 Å². The molecule has 1 unspecified atom stereocenters. The molecular weight excluding hydrogens is 230 g/mol. The molecule has 17 heavy (non-hydrogen) atoms. The molecule has 0 saturated heterocycles. The van der Waals surface area contributed by atoms with Gasteiger partial charge in [0.05, 0.1) is 24.7 Å². The molecule has 0 aromatic heterocycles. The summed E-state index contributed by atoms with van der Waals surface area (Å²) in [6.07, 6.45) is -1.07. The second-order valence-corrected chi connectivity index (χ2v) is 3.24. The Hall–Kier alpha value is -1.86. The summed E-state index contributed by atoms with van der Waals surface area (Å²) in [7, 11) is 1.40. The number of aliphatic hydroxyl groups is 2. The maximum atomic E-state index is 10.8. The van der Waals surface area contributed by atoms with E-state index in [4.69, 9.17) is 19.7 Å². The van der Waals surface area contributed by atoms with Gasteiger partial charge in [-0.05, 0) is 12.1 Å². The van der Waals surface area contributed by atoms with Gasteiger partial charge >= 0.3 is 5.69 Å². The van der Waals surface area contributed by atoms with Crippen LogP contribution in [0.5, 0.6) is 11.5 Å². The lowest BCUT2D eigenvalue weighted by molar-refractivity contribution is -0.386. The van der Waals surface area contributed by atoms with E-state index >= 15 is 0 Å². The molecule has 0 saturated carbocycles. The van der Waals surface area contributed by atoms with E-state index < -0.39 is 17.6 Å². The number of aliphatic hydroxyl groups excluding tert-OH is 2. The van der Waals surface area contributed by atoms with Crippen LogP contribution in [-0.4, -0.2) is 41.6 Å². The smallest absolute Gasteiger partial charge is 0.314 e. The molecule has 1 aromatic carbocycles. The third-order valence-corrected chi connectivity index (χ3v) is 2.00. The minimum Gasteiger partial charge on any atom is -0.496 e. The number of methoxy groups -OCH3 is 1. The zero-order chi connectivity index (χ0) is 12.8. The van der Waals surface area contributed by atoms with Crippen LogP contribution in [0.2, 0.25) is 0 Å². The van der Waals surface area contributed by atoms with E-state index in [1.165, 1.54) is 25.3 Å². The molecule has 1 atom stereocenters. The molecule has 0 aliphatic heterocycles. The van der Waals surface area contributed by atoms with Gasteiger partial charge in [-0.1, -0.05) is 0 Å². The highest BCUT2D eigenvalue weighted by Crippen LogP contribution is 2.30. The van der Waals surface area contributed by atoms with E-state index in [0.717, 1.165) is 0 Å². The van der Waals surface area contributed by atoms with E-state index in [1.54, 1.807) is 0 Å². The molecule has 0 aliphatic rings. The van der Waals surface area contributed by atoms with Crippen LogP contribution in [0.3, 0.4) is 0 Å². The third-order valence-electron chi connectivity index (χ3n) is 2.00. The SMILES string of the molecule is COc1ccc(OCC(O)CO)c([N+](=O)[O-])c1. The summed E-state index contributed by atoms with van der Waals surface area (Å²) in [5.41, 5.74) is -0.255. The van der Waals surface area contributed by atoms with Crippen molar-refractivity contribution in [3.8, 4) is 11.5 Å². The number of benzene rings is 1. The van der Waals surface area contributed by atoms with Crippen LogP contribution in [0, 0.1) is 10.1 Å². The number of nitro groups is 1. The highest BCUT2D eigenvalue weighted by molar-refractivity contribution is 5.50. The number of rotatable bonds is 6. The van der Waals surface area contributed by atoms with Crippen molar-refractivity contribution in [1.82, 2.24) is 0 Å². The van der Waals surface area contributed by atoms with Crippen molar-refractivity contribution in [2.75, 3.05) is 20.3 Å². The van der Waals surface area contributed by atoms with Crippen LogP contribution in [0.4, 0.5) is 5.69 Å². The van der Waals surface area contributed by atoms with Gasteiger partial charge in [0, 0.05) is 0 Å². The molecule has 0 fully saturated rings. The molecule has 94 valence electrons. The van der Waals surface area contributed by atoms with Crippen LogP contribution in [-0.2, 0) is 0 Å². The molecule has 1 aromatic rings. The largest absolute Gasteiger partial charge is 0.496 e. The fourth-order valence-electron chi connectivity index (χ4n) is 1.13. The highest BCUT2D eigenvalue weighted by atomic mass is 16.6. The van der Waals surface area contributed by atoms with Gasteiger partial charge in [-0.3, -0.25) is 10.1 Å². The fraction of sp³-hybridized carbons (Fsp3) is 0.400. The van der Waals surface area contributed by atoms with Crippen LogP contribution < -0.4 is 9.47 Å². The zero-order valence-corrected chi connectivity index (χ0v) is 9.20. The number of hydrogen-bond donors (Lipinski definition) is 2. The molecule has 2 N–H and O–H groups in total. The van der Waals surface area contributed by atoms with Crippen molar-refractivity contribution in [2.24, 2.45) is 0 Å². The monoisotopic (exact) mass is 243 g/mol. The van der Waals surface area contributed by atoms with Crippen molar-refractivity contribution in [1.29, 1.82) is 0 Å². The quantitative estimate of drug-likeness (QED) is 0.551. The Labute approximate surface area is 97.4 Å². The first-order chi connectivity index (χ1) is 8.08. The lowest BCUT2D eigenvalue weighted by Crippen LogP contribution is -2.21. The molecule has 0 aliphatic carbocycles. The van der Waals surface area contributed by atoms with Gasteiger partial charge in [-0.2, -0.15) is 0 Å². The van der Waals surface area contributed by atoms with Crippen LogP contribution in [0.1, 0.15) is 0 Å². The number of hydrogen-bond acceptors (Lipinski definition) is 6. The van der Waals surface area contributed by atoms with E-state index in [9.17, 15) is 10.1 Å². The van der Waals surface area contributed by atoms with Crippen LogP contribution >= 0.6 is 0 Å². The van der Waals surface area contributed by atoms with Crippen LogP contribution in [0.25, 0.3) is 0 Å². The topological polar surface area (TPSA) is 102 Å². The fourth-order valence-corrected chi connectivity index (χ4v) is 1.13. The molecule has 0 amide bonds. The maximum Gasteiger partial charge on any atom is 0.314 e. The Kier molecular flexibility index (Phi) is 4.68. The molecule has 0 spiro atoms. The summed E-state index contributed by atoms with van der Waals surface area (Å²) < 4.78 is 9.90. The third kappa shape index (κ3) is 3.58. The summed E-state index contributed by atoms with van der Waals surface area (Å²) in [6.45, 7) is -0.687. The van der Waals surface area contributed by atoms with Crippen molar-refractivity contribution < 1.29 is 24.6 Å². The molecule has 7 heteroatoms. The van der Waals surface area contributed by atoms with Crippen LogP contribution in [0.15, 0.2) is 18.2 Å². The zero-order valence-electron chi connectivity index (χ0n) is 9.20. The van der Waals surface area contributed by atoms with Crippen molar-refractivity contribution in [3.63, 3.8) is 0 Å². The molecule has 0 heterocycles. The Morgan fingerprint density at radius 2 is 2.24 bits per heavy atom. The molecule has 0 radical (unpaired) electrons. The molecule has 1 rings (SSSR count). The van der Waals surface area contributed by atoms with Gasteiger partial charge < -0.3 is 19.7 Å². The Morgan fingerprint density at radius 3 is 2.76 bits per heavy atom. The minimum atomic E-state index is -1.07. The molecule has 0 bridgehead atoms. The summed E-state index contributed by atoms with van der Waals surface area (Å²) in [5, 5.41) is 28.4. The number of nitrogens with zero attached hydrogens (tertiary/aromatic N) is 1. The number of ether oxygens (including phenoxy) is 2. The van der Waals surface area contributed by atoms with Crippen molar-refractivity contribution in [2.45, 2.75) is 6.10 Å². The Balaban J connectivity index is 2.87. The standard InChI is InChI=1S/C10H13NO6/c1-16-8-2-3-10(9(4-8)11(14)15)17-6-7(13)5-12/h2-4,7,12-13H,5-6H2,1H3. The lowest BCUT2D eigenvalue weighted by atomic mass is 10.3. The summed E-state index contributed by atoms with van der Waals surface area (Å²) >= 11 is 0. The van der Waals surface area contributed by atoms with E-state index in [1.807, 2.05) is 0 Å². The Bertz CT molecular complexity index is 394. The van der Waals surface area contributed by atoms with Gasteiger partial charge in [-0.15, -0.1) is 0 Å². The summed E-state index contributed by atoms with van der Waals surface area (Å²) in [5.74, 6) is 0.357. The number of nitro benzene ring substituents is 1.